The molecule has 1 aliphatic heterocycles. The van der Waals surface area contributed by atoms with Crippen LogP contribution in [-0.2, 0) is 16.0 Å². The van der Waals surface area contributed by atoms with Gasteiger partial charge in [-0.05, 0) is 73.7 Å². The third-order valence-electron chi connectivity index (χ3n) is 7.47. The Morgan fingerprint density at radius 2 is 1.71 bits per heavy atom. The number of carbonyl (C=O) groups excluding carboxylic acids is 2. The lowest BCUT2D eigenvalue weighted by Gasteiger charge is -2.38. The lowest BCUT2D eigenvalue weighted by atomic mass is 9.86. The highest BCUT2D eigenvalue weighted by Gasteiger charge is 2.36. The smallest absolute Gasteiger partial charge is 0.232 e. The molecule has 0 N–H and O–H groups in total. The van der Waals surface area contributed by atoms with Crippen molar-refractivity contribution < 1.29 is 19.1 Å². The van der Waals surface area contributed by atoms with E-state index in [4.69, 9.17) is 9.47 Å². The van der Waals surface area contributed by atoms with Gasteiger partial charge in [0.25, 0.3) is 0 Å². The van der Waals surface area contributed by atoms with E-state index in [9.17, 15) is 9.59 Å². The van der Waals surface area contributed by atoms with Crippen LogP contribution in [-0.4, -0.2) is 36.5 Å². The van der Waals surface area contributed by atoms with E-state index < -0.39 is 0 Å². The van der Waals surface area contributed by atoms with Crippen LogP contribution >= 0.6 is 0 Å². The van der Waals surface area contributed by atoms with Crippen molar-refractivity contribution in [3.8, 4) is 11.5 Å². The van der Waals surface area contributed by atoms with Crippen LogP contribution < -0.4 is 14.4 Å². The Morgan fingerprint density at radius 1 is 1.03 bits per heavy atom. The van der Waals surface area contributed by atoms with Gasteiger partial charge in [0.05, 0.1) is 31.7 Å². The lowest BCUT2D eigenvalue weighted by Crippen LogP contribution is -2.41. The van der Waals surface area contributed by atoms with Crippen molar-refractivity contribution in [3.05, 3.63) is 89.0 Å². The highest BCUT2D eigenvalue weighted by molar-refractivity contribution is 5.98. The van der Waals surface area contributed by atoms with Gasteiger partial charge in [-0.15, -0.1) is 0 Å². The minimum atomic E-state index is -0.315. The number of anilines is 1. The molecule has 0 spiro atoms. The quantitative estimate of drug-likeness (QED) is 0.328. The molecule has 0 fully saturated rings. The first-order valence-corrected chi connectivity index (χ1v) is 13.4. The zero-order valence-corrected chi connectivity index (χ0v) is 23.2. The molecule has 1 heterocycles. The average molecular weight is 515 g/mol. The summed E-state index contributed by atoms with van der Waals surface area (Å²) in [6.45, 7) is 10.4. The molecule has 3 aromatic rings. The standard InChI is InChI=1S/C32H38N2O4/c1-7-21(3)38-30-20-28-26(18-29(30)37-6)19-31(36)34(32(28)25-12-10-9-11-13-25)27-16-14-24(15-17-27)22(4)33(8-2)23(5)35/h9-18,20-22,32H,7-8,19H2,1-6H3. The van der Waals surface area contributed by atoms with Gasteiger partial charge in [-0.1, -0.05) is 49.4 Å². The molecule has 2 amide bonds. The third-order valence-corrected chi connectivity index (χ3v) is 7.47. The maximum atomic E-state index is 13.7. The number of methoxy groups -OCH3 is 1. The predicted octanol–water partition coefficient (Wildman–Crippen LogP) is 6.48. The Balaban J connectivity index is 1.80. The van der Waals surface area contributed by atoms with Crippen molar-refractivity contribution in [1.29, 1.82) is 0 Å². The molecule has 3 atom stereocenters. The third kappa shape index (κ3) is 5.40. The maximum Gasteiger partial charge on any atom is 0.232 e. The molecule has 1 aliphatic rings. The summed E-state index contributed by atoms with van der Waals surface area (Å²) in [6.07, 6.45) is 1.17. The Bertz CT molecular complexity index is 1270. The second-order valence-electron chi connectivity index (χ2n) is 9.86. The molecular formula is C32H38N2O4. The molecule has 4 rings (SSSR count). The van der Waals surface area contributed by atoms with Crippen molar-refractivity contribution in [2.45, 2.75) is 65.6 Å². The Morgan fingerprint density at radius 3 is 2.29 bits per heavy atom. The van der Waals surface area contributed by atoms with E-state index in [0.717, 1.165) is 34.4 Å². The van der Waals surface area contributed by atoms with E-state index in [1.54, 1.807) is 14.0 Å². The fourth-order valence-corrected chi connectivity index (χ4v) is 5.23. The minimum Gasteiger partial charge on any atom is -0.493 e. The van der Waals surface area contributed by atoms with Crippen LogP contribution in [0.25, 0.3) is 0 Å². The van der Waals surface area contributed by atoms with Gasteiger partial charge in [0.2, 0.25) is 11.8 Å². The summed E-state index contributed by atoms with van der Waals surface area (Å²) in [4.78, 5) is 29.5. The Hall–Kier alpha value is -3.80. The summed E-state index contributed by atoms with van der Waals surface area (Å²) in [7, 11) is 1.63. The van der Waals surface area contributed by atoms with E-state index in [0.29, 0.717) is 18.0 Å². The monoisotopic (exact) mass is 514 g/mol. The van der Waals surface area contributed by atoms with E-state index in [-0.39, 0.29) is 36.4 Å². The number of hydrogen-bond acceptors (Lipinski definition) is 4. The van der Waals surface area contributed by atoms with Crippen LogP contribution in [0.3, 0.4) is 0 Å². The first-order chi connectivity index (χ1) is 18.3. The molecule has 3 unspecified atom stereocenters. The molecule has 0 aromatic heterocycles. The number of rotatable bonds is 9. The van der Waals surface area contributed by atoms with Gasteiger partial charge in [-0.3, -0.25) is 9.59 Å². The summed E-state index contributed by atoms with van der Waals surface area (Å²) in [5, 5.41) is 0. The van der Waals surface area contributed by atoms with Gasteiger partial charge in [0, 0.05) is 19.2 Å². The fourth-order valence-electron chi connectivity index (χ4n) is 5.23. The fraction of sp³-hybridized carbons (Fsp3) is 0.375. The zero-order chi connectivity index (χ0) is 27.4. The second kappa shape index (κ2) is 11.7. The van der Waals surface area contributed by atoms with Gasteiger partial charge in [-0.25, -0.2) is 0 Å². The SMILES string of the molecule is CCC(C)Oc1cc2c(cc1OC)CC(=O)N(c1ccc(C(C)N(CC)C(C)=O)cc1)C2c1ccccc1. The molecule has 0 saturated heterocycles. The Labute approximate surface area is 226 Å². The van der Waals surface area contributed by atoms with Gasteiger partial charge in [0.15, 0.2) is 11.5 Å². The van der Waals surface area contributed by atoms with Crippen LogP contribution in [0.2, 0.25) is 0 Å². The van der Waals surface area contributed by atoms with Gasteiger partial charge in [0.1, 0.15) is 0 Å². The van der Waals surface area contributed by atoms with Crippen LogP contribution in [0.1, 0.15) is 75.4 Å². The molecule has 6 nitrogen and oxygen atoms in total. The van der Waals surface area contributed by atoms with Crippen molar-refractivity contribution in [1.82, 2.24) is 4.90 Å². The van der Waals surface area contributed by atoms with E-state index in [2.05, 4.69) is 19.1 Å². The summed E-state index contributed by atoms with van der Waals surface area (Å²) in [6, 6.07) is 21.7. The van der Waals surface area contributed by atoms with Gasteiger partial charge < -0.3 is 19.3 Å². The van der Waals surface area contributed by atoms with Crippen molar-refractivity contribution in [2.75, 3.05) is 18.6 Å². The number of fused-ring (bicyclic) bond motifs is 1. The maximum absolute atomic E-state index is 13.7. The molecule has 0 aliphatic carbocycles. The number of carbonyl (C=O) groups is 2. The van der Waals surface area contributed by atoms with Crippen LogP contribution in [0.15, 0.2) is 66.7 Å². The molecule has 38 heavy (non-hydrogen) atoms. The van der Waals surface area contributed by atoms with E-state index in [1.807, 2.05) is 85.2 Å². The number of amides is 2. The molecule has 3 aromatic carbocycles. The normalized spacial score (nSPS) is 16.4. The van der Waals surface area contributed by atoms with Crippen molar-refractivity contribution in [2.24, 2.45) is 0 Å². The number of nitrogens with zero attached hydrogens (tertiary/aromatic N) is 2. The largest absolute Gasteiger partial charge is 0.493 e. The van der Waals surface area contributed by atoms with E-state index in [1.165, 1.54) is 0 Å². The highest BCUT2D eigenvalue weighted by Crippen LogP contribution is 2.43. The van der Waals surface area contributed by atoms with Crippen molar-refractivity contribution in [3.63, 3.8) is 0 Å². The second-order valence-corrected chi connectivity index (χ2v) is 9.86. The number of hydrogen-bond donors (Lipinski definition) is 0. The van der Waals surface area contributed by atoms with Gasteiger partial charge in [-0.2, -0.15) is 0 Å². The summed E-state index contributed by atoms with van der Waals surface area (Å²) < 4.78 is 11.9. The number of benzene rings is 3. The number of ether oxygens (including phenoxy) is 2. The first-order valence-electron chi connectivity index (χ1n) is 13.4. The molecular weight excluding hydrogens is 476 g/mol. The van der Waals surface area contributed by atoms with Gasteiger partial charge >= 0.3 is 0 Å². The predicted molar refractivity (Wildman–Crippen MR) is 151 cm³/mol. The average Bonchev–Trinajstić information content (AvgIpc) is 2.92. The van der Waals surface area contributed by atoms with Crippen LogP contribution in [0, 0.1) is 0 Å². The molecule has 0 radical (unpaired) electrons. The minimum absolute atomic E-state index is 0.0173. The summed E-state index contributed by atoms with van der Waals surface area (Å²) >= 11 is 0. The topological polar surface area (TPSA) is 59.1 Å². The van der Waals surface area contributed by atoms with Crippen LogP contribution in [0.4, 0.5) is 5.69 Å². The van der Waals surface area contributed by atoms with E-state index >= 15 is 0 Å². The van der Waals surface area contributed by atoms with Crippen LogP contribution in [0.5, 0.6) is 11.5 Å². The molecule has 0 saturated carbocycles. The molecule has 6 heteroatoms. The molecule has 0 bridgehead atoms. The Kier molecular flexibility index (Phi) is 8.40. The van der Waals surface area contributed by atoms with Crippen molar-refractivity contribution >= 4 is 17.5 Å². The molecule has 200 valence electrons. The lowest BCUT2D eigenvalue weighted by molar-refractivity contribution is -0.130. The first kappa shape index (κ1) is 27.2. The summed E-state index contributed by atoms with van der Waals surface area (Å²) in [5.74, 6) is 1.39. The zero-order valence-electron chi connectivity index (χ0n) is 23.2. The summed E-state index contributed by atoms with van der Waals surface area (Å²) in [5.41, 5.74) is 4.84. The highest BCUT2D eigenvalue weighted by atomic mass is 16.5.